The molecule has 5 nitrogen and oxygen atoms in total. The summed E-state index contributed by atoms with van der Waals surface area (Å²) in [6.45, 7) is 0. The van der Waals surface area contributed by atoms with Crippen LogP contribution in [0.4, 0.5) is 5.69 Å². The summed E-state index contributed by atoms with van der Waals surface area (Å²) >= 11 is 0. The van der Waals surface area contributed by atoms with Crippen LogP contribution in [-0.4, -0.2) is 19.0 Å². The number of aliphatic carboxylic acids is 1. The monoisotopic (exact) mass is 274 g/mol. The van der Waals surface area contributed by atoms with E-state index in [0.717, 1.165) is 0 Å². The molecule has 0 heterocycles. The van der Waals surface area contributed by atoms with Crippen molar-refractivity contribution in [2.45, 2.75) is 12.8 Å². The van der Waals surface area contributed by atoms with E-state index < -0.39 is 17.8 Å². The van der Waals surface area contributed by atoms with Crippen molar-refractivity contribution in [2.75, 3.05) is 12.4 Å². The van der Waals surface area contributed by atoms with Gasteiger partial charge < -0.3 is 20.0 Å². The fraction of sp³-hybridized carbons (Fsp3) is 0.333. The summed E-state index contributed by atoms with van der Waals surface area (Å²) in [4.78, 5) is 23.3. The first-order valence-electron chi connectivity index (χ1n) is 6.42. The highest BCUT2D eigenvalue weighted by molar-refractivity contribution is 5.95. The number of hydrogen-bond donors (Lipinski definition) is 1. The zero-order valence-electron chi connectivity index (χ0n) is 11.2. The highest BCUT2D eigenvalue weighted by Crippen LogP contribution is 2.27. The van der Waals surface area contributed by atoms with E-state index in [1.807, 2.05) is 6.08 Å². The number of carbonyl (C=O) groups excluding carboxylic acids is 2. The maximum absolute atomic E-state index is 12.2. The fourth-order valence-corrected chi connectivity index (χ4v) is 2.30. The van der Waals surface area contributed by atoms with Crippen molar-refractivity contribution in [2.24, 2.45) is 11.8 Å². The largest absolute Gasteiger partial charge is 0.550 e. The van der Waals surface area contributed by atoms with Crippen LogP contribution in [-0.2, 0) is 9.59 Å². The summed E-state index contributed by atoms with van der Waals surface area (Å²) < 4.78 is 5.07. The molecule has 0 saturated carbocycles. The zero-order valence-corrected chi connectivity index (χ0v) is 11.2. The standard InChI is InChI=1S/C15H17NO4/c1-20-11-6-4-5-10(9-11)16-14(17)12-7-2-3-8-13(12)15(18)19/h2-6,9,12-13H,7-8H2,1H3,(H,16,17)(H,18,19)/p-1/t12-,13+/m1/s1. The minimum Gasteiger partial charge on any atom is -0.550 e. The molecule has 20 heavy (non-hydrogen) atoms. The molecule has 1 aliphatic rings. The van der Waals surface area contributed by atoms with Crippen LogP contribution < -0.4 is 15.2 Å². The molecule has 0 bridgehead atoms. The van der Waals surface area contributed by atoms with Crippen LogP contribution in [0.3, 0.4) is 0 Å². The summed E-state index contributed by atoms with van der Waals surface area (Å²) in [5, 5.41) is 13.8. The predicted octanol–water partition coefficient (Wildman–Crippen LogP) is 0.966. The van der Waals surface area contributed by atoms with Crippen LogP contribution in [0.25, 0.3) is 0 Å². The minimum atomic E-state index is -1.18. The van der Waals surface area contributed by atoms with E-state index in [1.165, 1.54) is 0 Å². The lowest BCUT2D eigenvalue weighted by Crippen LogP contribution is -2.41. The molecule has 2 rings (SSSR count). The van der Waals surface area contributed by atoms with Crippen molar-refractivity contribution in [3.63, 3.8) is 0 Å². The molecule has 0 radical (unpaired) electrons. The summed E-state index contributed by atoms with van der Waals surface area (Å²) in [6.07, 6.45) is 4.35. The van der Waals surface area contributed by atoms with Gasteiger partial charge in [0, 0.05) is 23.6 Å². The van der Waals surface area contributed by atoms with E-state index in [-0.39, 0.29) is 5.91 Å². The molecule has 1 aromatic rings. The Morgan fingerprint density at radius 1 is 1.25 bits per heavy atom. The summed E-state index contributed by atoms with van der Waals surface area (Å²) in [6, 6.07) is 6.94. The smallest absolute Gasteiger partial charge is 0.228 e. The molecule has 106 valence electrons. The molecular formula is C15H16NO4-. The third-order valence-corrected chi connectivity index (χ3v) is 3.41. The molecule has 0 aliphatic heterocycles. The van der Waals surface area contributed by atoms with Crippen molar-refractivity contribution in [3.8, 4) is 5.75 Å². The number of carboxylic acid groups (broad SMARTS) is 1. The number of ether oxygens (including phenoxy) is 1. The summed E-state index contributed by atoms with van der Waals surface area (Å²) in [5.74, 6) is -2.23. The van der Waals surface area contributed by atoms with Gasteiger partial charge in [-0.1, -0.05) is 18.2 Å². The first kappa shape index (κ1) is 14.1. The van der Waals surface area contributed by atoms with Crippen molar-refractivity contribution >= 4 is 17.6 Å². The van der Waals surface area contributed by atoms with Crippen LogP contribution in [0.15, 0.2) is 36.4 Å². The Kier molecular flexibility index (Phi) is 4.40. The predicted molar refractivity (Wildman–Crippen MR) is 72.0 cm³/mol. The number of rotatable bonds is 4. The second kappa shape index (κ2) is 6.23. The number of methoxy groups -OCH3 is 1. The van der Waals surface area contributed by atoms with Gasteiger partial charge in [-0.05, 0) is 25.0 Å². The number of carbonyl (C=O) groups is 2. The first-order chi connectivity index (χ1) is 9.61. The Hall–Kier alpha value is -2.30. The topological polar surface area (TPSA) is 78.5 Å². The van der Waals surface area contributed by atoms with Gasteiger partial charge >= 0.3 is 0 Å². The molecule has 0 saturated heterocycles. The van der Waals surface area contributed by atoms with Gasteiger partial charge in [-0.3, -0.25) is 4.79 Å². The number of hydrogen-bond acceptors (Lipinski definition) is 4. The molecule has 1 aromatic carbocycles. The van der Waals surface area contributed by atoms with Crippen LogP contribution in [0, 0.1) is 11.8 Å². The first-order valence-corrected chi connectivity index (χ1v) is 6.42. The van der Waals surface area contributed by atoms with Crippen LogP contribution >= 0.6 is 0 Å². The van der Waals surface area contributed by atoms with E-state index >= 15 is 0 Å². The van der Waals surface area contributed by atoms with Gasteiger partial charge in [0.15, 0.2) is 0 Å². The molecule has 0 aromatic heterocycles. The van der Waals surface area contributed by atoms with Gasteiger partial charge in [0.05, 0.1) is 13.0 Å². The second-order valence-electron chi connectivity index (χ2n) is 4.70. The van der Waals surface area contributed by atoms with Gasteiger partial charge in [-0.2, -0.15) is 0 Å². The van der Waals surface area contributed by atoms with Crippen molar-refractivity contribution < 1.29 is 19.4 Å². The molecule has 0 spiro atoms. The molecule has 1 aliphatic carbocycles. The molecule has 1 N–H and O–H groups in total. The molecule has 2 atom stereocenters. The maximum atomic E-state index is 12.2. The number of carboxylic acids is 1. The SMILES string of the molecule is COc1cccc(NC(=O)[C@@H]2CC=CC[C@@H]2C(=O)[O-])c1. The average molecular weight is 274 g/mol. The van der Waals surface area contributed by atoms with Crippen molar-refractivity contribution in [1.29, 1.82) is 0 Å². The molecule has 1 amide bonds. The number of benzene rings is 1. The van der Waals surface area contributed by atoms with Gasteiger partial charge in [-0.15, -0.1) is 0 Å². The molecule has 5 heteroatoms. The molecule has 0 unspecified atom stereocenters. The van der Waals surface area contributed by atoms with Crippen LogP contribution in [0.1, 0.15) is 12.8 Å². The van der Waals surface area contributed by atoms with Crippen molar-refractivity contribution in [1.82, 2.24) is 0 Å². The number of anilines is 1. The van der Waals surface area contributed by atoms with Crippen molar-refractivity contribution in [3.05, 3.63) is 36.4 Å². The van der Waals surface area contributed by atoms with E-state index in [2.05, 4.69) is 5.32 Å². The lowest BCUT2D eigenvalue weighted by Gasteiger charge is -2.28. The lowest BCUT2D eigenvalue weighted by molar-refractivity contribution is -0.313. The van der Waals surface area contributed by atoms with E-state index in [1.54, 1.807) is 37.5 Å². The van der Waals surface area contributed by atoms with Gasteiger partial charge in [-0.25, -0.2) is 0 Å². The molecule has 0 fully saturated rings. The fourth-order valence-electron chi connectivity index (χ4n) is 2.30. The number of allylic oxidation sites excluding steroid dienone is 2. The van der Waals surface area contributed by atoms with E-state index in [4.69, 9.17) is 4.74 Å². The highest BCUT2D eigenvalue weighted by atomic mass is 16.5. The Morgan fingerprint density at radius 3 is 2.60 bits per heavy atom. The second-order valence-corrected chi connectivity index (χ2v) is 4.70. The summed E-state index contributed by atoms with van der Waals surface area (Å²) in [5.41, 5.74) is 0.584. The highest BCUT2D eigenvalue weighted by Gasteiger charge is 2.29. The normalized spacial score (nSPS) is 21.2. The van der Waals surface area contributed by atoms with E-state index in [0.29, 0.717) is 24.3 Å². The summed E-state index contributed by atoms with van der Waals surface area (Å²) in [7, 11) is 1.54. The van der Waals surface area contributed by atoms with E-state index in [9.17, 15) is 14.7 Å². The van der Waals surface area contributed by atoms with Crippen LogP contribution in [0.5, 0.6) is 5.75 Å². The quantitative estimate of drug-likeness (QED) is 0.830. The number of nitrogens with one attached hydrogen (secondary N) is 1. The molecular weight excluding hydrogens is 258 g/mol. The minimum absolute atomic E-state index is 0.309. The Bertz CT molecular complexity index is 538. The maximum Gasteiger partial charge on any atom is 0.228 e. The lowest BCUT2D eigenvalue weighted by atomic mass is 9.82. The van der Waals surface area contributed by atoms with Gasteiger partial charge in [0.1, 0.15) is 5.75 Å². The third kappa shape index (κ3) is 3.17. The van der Waals surface area contributed by atoms with Gasteiger partial charge in [0.25, 0.3) is 0 Å². The van der Waals surface area contributed by atoms with Gasteiger partial charge in [0.2, 0.25) is 5.91 Å². The Morgan fingerprint density at radius 2 is 1.95 bits per heavy atom. The number of amides is 1. The Balaban J connectivity index is 2.10. The van der Waals surface area contributed by atoms with Crippen LogP contribution in [0.2, 0.25) is 0 Å². The average Bonchev–Trinajstić information content (AvgIpc) is 2.47. The Labute approximate surface area is 117 Å². The third-order valence-electron chi connectivity index (χ3n) is 3.41. The zero-order chi connectivity index (χ0) is 14.5.